The molecule has 0 aliphatic heterocycles. The molecule has 0 fully saturated rings. The van der Waals surface area contributed by atoms with Gasteiger partial charge in [-0.3, -0.25) is 0 Å². The van der Waals surface area contributed by atoms with Gasteiger partial charge in [0.25, 0.3) is 0 Å². The van der Waals surface area contributed by atoms with E-state index in [-0.39, 0.29) is 0 Å². The van der Waals surface area contributed by atoms with Gasteiger partial charge in [-0.1, -0.05) is 26.0 Å². The van der Waals surface area contributed by atoms with Crippen molar-refractivity contribution in [2.75, 3.05) is 0 Å². The summed E-state index contributed by atoms with van der Waals surface area (Å²) in [4.78, 5) is 20.5. The fraction of sp³-hybridized carbons (Fsp3) is 0.316. The lowest BCUT2D eigenvalue weighted by atomic mass is 10.1. The van der Waals surface area contributed by atoms with Crippen molar-refractivity contribution in [3.63, 3.8) is 0 Å². The molecule has 0 amide bonds. The molecule has 2 heterocycles. The minimum atomic E-state index is -0.913. The number of carboxylic acids is 1. The highest BCUT2D eigenvalue weighted by Crippen LogP contribution is 2.20. The standard InChI is InChI=1S/C19H21N3O2/c1-12(2)7-17-21-16-8-13(3)10-20-18(16)22(17)11-14-5-4-6-15(9-14)19(23)24/h4-6,8-10,12H,7,11H2,1-3H3,(H,23,24). The minimum Gasteiger partial charge on any atom is -0.478 e. The molecule has 5 nitrogen and oxygen atoms in total. The van der Waals surface area contributed by atoms with Crippen LogP contribution in [0, 0.1) is 12.8 Å². The molecular formula is C19H21N3O2. The van der Waals surface area contributed by atoms with Gasteiger partial charge in [0, 0.05) is 12.6 Å². The zero-order valence-corrected chi connectivity index (χ0v) is 14.2. The van der Waals surface area contributed by atoms with Crippen LogP contribution in [0.3, 0.4) is 0 Å². The quantitative estimate of drug-likeness (QED) is 0.777. The predicted molar refractivity (Wildman–Crippen MR) is 93.3 cm³/mol. The summed E-state index contributed by atoms with van der Waals surface area (Å²) < 4.78 is 2.09. The molecule has 0 bridgehead atoms. The maximum atomic E-state index is 11.2. The molecule has 1 aromatic carbocycles. The number of rotatable bonds is 5. The Balaban J connectivity index is 2.06. The number of hydrogen-bond donors (Lipinski definition) is 1. The number of carbonyl (C=O) groups is 1. The molecule has 0 saturated carbocycles. The Hall–Kier alpha value is -2.69. The maximum Gasteiger partial charge on any atom is 0.335 e. The van der Waals surface area contributed by atoms with E-state index in [1.165, 1.54) is 0 Å². The molecule has 0 unspecified atom stereocenters. The first-order valence-corrected chi connectivity index (χ1v) is 8.08. The lowest BCUT2D eigenvalue weighted by molar-refractivity contribution is 0.0696. The van der Waals surface area contributed by atoms with Crippen molar-refractivity contribution < 1.29 is 9.90 Å². The number of aryl methyl sites for hydroxylation is 1. The number of hydrogen-bond acceptors (Lipinski definition) is 3. The summed E-state index contributed by atoms with van der Waals surface area (Å²) in [6, 6.07) is 9.07. The van der Waals surface area contributed by atoms with Crippen LogP contribution in [-0.4, -0.2) is 25.6 Å². The van der Waals surface area contributed by atoms with Crippen LogP contribution in [0.25, 0.3) is 11.2 Å². The van der Waals surface area contributed by atoms with Crippen molar-refractivity contribution in [1.82, 2.24) is 14.5 Å². The Morgan fingerprint density at radius 1 is 1.29 bits per heavy atom. The highest BCUT2D eigenvalue weighted by atomic mass is 16.4. The largest absolute Gasteiger partial charge is 0.478 e. The third-order valence-electron chi connectivity index (χ3n) is 3.91. The third kappa shape index (κ3) is 3.30. The van der Waals surface area contributed by atoms with Crippen LogP contribution in [0.15, 0.2) is 36.5 Å². The van der Waals surface area contributed by atoms with Crippen LogP contribution in [0.1, 0.15) is 41.2 Å². The van der Waals surface area contributed by atoms with Crippen LogP contribution in [0.4, 0.5) is 0 Å². The molecule has 3 aromatic rings. The smallest absolute Gasteiger partial charge is 0.335 e. The maximum absolute atomic E-state index is 11.2. The Morgan fingerprint density at radius 3 is 2.79 bits per heavy atom. The highest BCUT2D eigenvalue weighted by molar-refractivity contribution is 5.87. The first-order valence-electron chi connectivity index (χ1n) is 8.08. The summed E-state index contributed by atoms with van der Waals surface area (Å²) in [6.45, 7) is 6.89. The van der Waals surface area contributed by atoms with Crippen molar-refractivity contribution in [1.29, 1.82) is 0 Å². The van der Waals surface area contributed by atoms with Crippen molar-refractivity contribution >= 4 is 17.1 Å². The molecule has 2 aromatic heterocycles. The molecule has 0 radical (unpaired) electrons. The Labute approximate surface area is 141 Å². The van der Waals surface area contributed by atoms with Gasteiger partial charge in [-0.25, -0.2) is 14.8 Å². The second-order valence-electron chi connectivity index (χ2n) is 6.57. The second-order valence-corrected chi connectivity index (χ2v) is 6.57. The fourth-order valence-corrected chi connectivity index (χ4v) is 2.83. The van der Waals surface area contributed by atoms with Gasteiger partial charge in [0.05, 0.1) is 12.1 Å². The third-order valence-corrected chi connectivity index (χ3v) is 3.91. The minimum absolute atomic E-state index is 0.297. The number of aromatic nitrogens is 3. The van der Waals surface area contributed by atoms with Crippen LogP contribution < -0.4 is 0 Å². The second kappa shape index (κ2) is 6.43. The fourth-order valence-electron chi connectivity index (χ4n) is 2.83. The topological polar surface area (TPSA) is 68.0 Å². The molecule has 0 saturated heterocycles. The Bertz CT molecular complexity index is 897. The van der Waals surface area contributed by atoms with Gasteiger partial charge in [-0.2, -0.15) is 0 Å². The van der Waals surface area contributed by atoms with Crippen molar-refractivity contribution in [2.24, 2.45) is 5.92 Å². The van der Waals surface area contributed by atoms with Gasteiger partial charge in [0.15, 0.2) is 5.65 Å². The monoisotopic (exact) mass is 323 g/mol. The van der Waals surface area contributed by atoms with Crippen LogP contribution in [0.5, 0.6) is 0 Å². The van der Waals surface area contributed by atoms with Crippen molar-refractivity contribution in [3.05, 3.63) is 59.0 Å². The molecular weight excluding hydrogens is 302 g/mol. The van der Waals surface area contributed by atoms with Crippen LogP contribution >= 0.6 is 0 Å². The average Bonchev–Trinajstić information content (AvgIpc) is 2.83. The van der Waals surface area contributed by atoms with E-state index in [0.29, 0.717) is 18.0 Å². The van der Waals surface area contributed by atoms with Crippen LogP contribution in [0.2, 0.25) is 0 Å². The predicted octanol–water partition coefficient (Wildman–Crippen LogP) is 3.68. The van der Waals surface area contributed by atoms with Gasteiger partial charge in [0.2, 0.25) is 0 Å². The first-order chi connectivity index (χ1) is 11.4. The molecule has 1 N–H and O–H groups in total. The molecule has 0 atom stereocenters. The molecule has 124 valence electrons. The Morgan fingerprint density at radius 2 is 2.08 bits per heavy atom. The summed E-state index contributed by atoms with van der Waals surface area (Å²) in [5.74, 6) is 0.550. The molecule has 3 rings (SSSR count). The van der Waals surface area contributed by atoms with E-state index in [4.69, 9.17) is 4.98 Å². The number of carboxylic acid groups (broad SMARTS) is 1. The molecule has 0 aliphatic carbocycles. The number of benzene rings is 1. The molecule has 24 heavy (non-hydrogen) atoms. The summed E-state index contributed by atoms with van der Waals surface area (Å²) in [7, 11) is 0. The summed E-state index contributed by atoms with van der Waals surface area (Å²) in [5, 5.41) is 9.18. The number of nitrogens with zero attached hydrogens (tertiary/aromatic N) is 3. The van der Waals surface area contributed by atoms with E-state index in [1.807, 2.05) is 25.3 Å². The van der Waals surface area contributed by atoms with Gasteiger partial charge >= 0.3 is 5.97 Å². The number of fused-ring (bicyclic) bond motifs is 1. The van der Waals surface area contributed by atoms with Crippen molar-refractivity contribution in [3.8, 4) is 0 Å². The molecule has 0 spiro atoms. The van der Waals surface area contributed by atoms with E-state index in [9.17, 15) is 9.90 Å². The zero-order chi connectivity index (χ0) is 17.3. The van der Waals surface area contributed by atoms with Gasteiger partial charge < -0.3 is 9.67 Å². The summed E-state index contributed by atoms with van der Waals surface area (Å²) >= 11 is 0. The van der Waals surface area contributed by atoms with Crippen molar-refractivity contribution in [2.45, 2.75) is 33.7 Å². The number of aromatic carboxylic acids is 1. The first kappa shape index (κ1) is 16.2. The highest BCUT2D eigenvalue weighted by Gasteiger charge is 2.14. The Kier molecular flexibility index (Phi) is 4.34. The van der Waals surface area contributed by atoms with E-state index < -0.39 is 5.97 Å². The van der Waals surface area contributed by atoms with Crippen LogP contribution in [-0.2, 0) is 13.0 Å². The number of imidazole rings is 1. The molecule has 0 aliphatic rings. The van der Waals surface area contributed by atoms with E-state index in [2.05, 4.69) is 23.4 Å². The SMILES string of the molecule is Cc1cnc2c(c1)nc(CC(C)C)n2Cc1cccc(C(=O)O)c1. The number of pyridine rings is 1. The summed E-state index contributed by atoms with van der Waals surface area (Å²) in [6.07, 6.45) is 2.70. The molecule has 5 heteroatoms. The average molecular weight is 323 g/mol. The van der Waals surface area contributed by atoms with E-state index in [1.54, 1.807) is 18.2 Å². The van der Waals surface area contributed by atoms with Gasteiger partial charge in [-0.05, 0) is 42.2 Å². The summed E-state index contributed by atoms with van der Waals surface area (Å²) in [5.41, 5.74) is 4.04. The lowest BCUT2D eigenvalue weighted by Crippen LogP contribution is -2.09. The zero-order valence-electron chi connectivity index (χ0n) is 14.2. The van der Waals surface area contributed by atoms with E-state index >= 15 is 0 Å². The van der Waals surface area contributed by atoms with Gasteiger partial charge in [-0.15, -0.1) is 0 Å². The van der Waals surface area contributed by atoms with E-state index in [0.717, 1.165) is 34.5 Å². The van der Waals surface area contributed by atoms with Gasteiger partial charge in [0.1, 0.15) is 11.3 Å². The normalized spacial score (nSPS) is 11.3. The lowest BCUT2D eigenvalue weighted by Gasteiger charge is -2.11.